The first kappa shape index (κ1) is 14.9. The van der Waals surface area contributed by atoms with Crippen LogP contribution >= 0.6 is 15.9 Å². The van der Waals surface area contributed by atoms with Gasteiger partial charge in [-0.15, -0.1) is 0 Å². The number of nitrogens with zero attached hydrogens (tertiary/aromatic N) is 1. The van der Waals surface area contributed by atoms with Crippen molar-refractivity contribution in [1.29, 1.82) is 0 Å². The van der Waals surface area contributed by atoms with E-state index in [1.54, 1.807) is 0 Å². The fourth-order valence-electron chi connectivity index (χ4n) is 1.26. The number of nitro benzene ring substituents is 1. The van der Waals surface area contributed by atoms with Gasteiger partial charge in [0.1, 0.15) is 5.56 Å². The molecule has 1 N–H and O–H groups in total. The number of halogens is 1. The molecule has 0 aliphatic rings. The Morgan fingerprint density at radius 1 is 1.47 bits per heavy atom. The Balaban J connectivity index is 3.37. The van der Waals surface area contributed by atoms with Crippen molar-refractivity contribution in [3.05, 3.63) is 32.3 Å². The zero-order valence-electron chi connectivity index (χ0n) is 9.58. The van der Waals surface area contributed by atoms with E-state index in [4.69, 9.17) is 9.84 Å². The summed E-state index contributed by atoms with van der Waals surface area (Å²) < 4.78 is 9.54. The van der Waals surface area contributed by atoms with Crippen molar-refractivity contribution in [2.45, 2.75) is 0 Å². The second-order valence-electron chi connectivity index (χ2n) is 3.23. The monoisotopic (exact) mass is 333 g/mol. The number of rotatable bonds is 5. The summed E-state index contributed by atoms with van der Waals surface area (Å²) in [5, 5.41) is 19.4. The number of carbonyl (C=O) groups is 2. The molecule has 0 aliphatic carbocycles. The molecule has 0 amide bonds. The van der Waals surface area contributed by atoms with E-state index in [0.29, 0.717) is 0 Å². The van der Waals surface area contributed by atoms with Crippen molar-refractivity contribution >= 4 is 33.6 Å². The molecule has 9 heteroatoms. The fraction of sp³-hybridized carbons (Fsp3) is 0.200. The smallest absolute Gasteiger partial charge is 0.341 e. The van der Waals surface area contributed by atoms with Crippen molar-refractivity contribution in [2.24, 2.45) is 0 Å². The first-order valence-corrected chi connectivity index (χ1v) is 5.57. The van der Waals surface area contributed by atoms with Gasteiger partial charge in [0.2, 0.25) is 5.75 Å². The Hall–Kier alpha value is -2.16. The molecular weight excluding hydrogens is 326 g/mol. The standard InChI is InChI=1S/C10H8BrNO7/c1-18-10(15)6-2-5(11)3-7(12(16)17)9(6)19-4-8(13)14/h2-3H,4H2,1H3,(H,13,14). The fourth-order valence-corrected chi connectivity index (χ4v) is 1.71. The summed E-state index contributed by atoms with van der Waals surface area (Å²) in [6, 6.07) is 2.35. The molecule has 0 bridgehead atoms. The quantitative estimate of drug-likeness (QED) is 0.494. The average Bonchev–Trinajstić information content (AvgIpc) is 2.34. The molecule has 0 saturated carbocycles. The lowest BCUT2D eigenvalue weighted by Gasteiger charge is -2.09. The number of aliphatic carboxylic acids is 1. The van der Waals surface area contributed by atoms with Gasteiger partial charge in [0, 0.05) is 10.5 Å². The number of nitro groups is 1. The molecular formula is C10H8BrNO7. The van der Waals surface area contributed by atoms with E-state index in [-0.39, 0.29) is 10.0 Å². The maximum Gasteiger partial charge on any atom is 0.341 e. The molecule has 0 saturated heterocycles. The van der Waals surface area contributed by atoms with E-state index in [2.05, 4.69) is 20.7 Å². The van der Waals surface area contributed by atoms with E-state index in [1.807, 2.05) is 0 Å². The van der Waals surface area contributed by atoms with Gasteiger partial charge in [0.05, 0.1) is 12.0 Å². The summed E-state index contributed by atoms with van der Waals surface area (Å²) in [7, 11) is 1.09. The van der Waals surface area contributed by atoms with Crippen LogP contribution < -0.4 is 4.74 Å². The predicted octanol–water partition coefficient (Wildman–Crippen LogP) is 1.61. The van der Waals surface area contributed by atoms with Crippen LogP contribution in [-0.4, -0.2) is 35.7 Å². The highest BCUT2D eigenvalue weighted by molar-refractivity contribution is 9.10. The highest BCUT2D eigenvalue weighted by Crippen LogP contribution is 2.35. The maximum atomic E-state index is 11.5. The Morgan fingerprint density at radius 2 is 2.11 bits per heavy atom. The normalized spacial score (nSPS) is 9.79. The Kier molecular flexibility index (Phi) is 4.81. The summed E-state index contributed by atoms with van der Waals surface area (Å²) in [6.45, 7) is -0.813. The summed E-state index contributed by atoms with van der Waals surface area (Å²) in [4.78, 5) is 32.1. The highest BCUT2D eigenvalue weighted by atomic mass is 79.9. The number of ether oxygens (including phenoxy) is 2. The summed E-state index contributed by atoms with van der Waals surface area (Å²) in [5.74, 6) is -2.64. The lowest BCUT2D eigenvalue weighted by Crippen LogP contribution is -2.14. The van der Waals surface area contributed by atoms with Crippen LogP contribution in [-0.2, 0) is 9.53 Å². The molecule has 0 heterocycles. The van der Waals surface area contributed by atoms with Gasteiger partial charge in [-0.2, -0.15) is 0 Å². The third-order valence-electron chi connectivity index (χ3n) is 1.98. The number of hydrogen-bond acceptors (Lipinski definition) is 6. The van der Waals surface area contributed by atoms with Gasteiger partial charge in [-0.05, 0) is 6.07 Å². The molecule has 8 nitrogen and oxygen atoms in total. The molecule has 0 spiro atoms. The SMILES string of the molecule is COC(=O)c1cc(Br)cc([N+](=O)[O-])c1OCC(=O)O. The van der Waals surface area contributed by atoms with Crippen LogP contribution in [0.3, 0.4) is 0 Å². The van der Waals surface area contributed by atoms with Gasteiger partial charge in [0.15, 0.2) is 6.61 Å². The number of esters is 1. The van der Waals surface area contributed by atoms with Crippen LogP contribution in [0.25, 0.3) is 0 Å². The Labute approximate surface area is 115 Å². The third kappa shape index (κ3) is 3.65. The van der Waals surface area contributed by atoms with Crippen molar-refractivity contribution in [3.8, 4) is 5.75 Å². The van der Waals surface area contributed by atoms with E-state index in [1.165, 1.54) is 6.07 Å². The van der Waals surface area contributed by atoms with Crippen LogP contribution in [0.1, 0.15) is 10.4 Å². The van der Waals surface area contributed by atoms with Crippen molar-refractivity contribution in [1.82, 2.24) is 0 Å². The zero-order valence-corrected chi connectivity index (χ0v) is 11.2. The molecule has 102 valence electrons. The van der Waals surface area contributed by atoms with E-state index in [0.717, 1.165) is 13.2 Å². The number of carbonyl (C=O) groups excluding carboxylic acids is 1. The molecule has 1 aromatic carbocycles. The average molecular weight is 334 g/mol. The second-order valence-corrected chi connectivity index (χ2v) is 4.15. The minimum Gasteiger partial charge on any atom is -0.479 e. The lowest BCUT2D eigenvalue weighted by atomic mass is 10.1. The first-order valence-electron chi connectivity index (χ1n) is 4.77. The van der Waals surface area contributed by atoms with Crippen molar-refractivity contribution in [2.75, 3.05) is 13.7 Å². The lowest BCUT2D eigenvalue weighted by molar-refractivity contribution is -0.385. The molecule has 0 fully saturated rings. The maximum absolute atomic E-state index is 11.5. The second kappa shape index (κ2) is 6.14. The van der Waals surface area contributed by atoms with Gasteiger partial charge in [-0.1, -0.05) is 15.9 Å². The highest BCUT2D eigenvalue weighted by Gasteiger charge is 2.26. The third-order valence-corrected chi connectivity index (χ3v) is 2.43. The van der Waals surface area contributed by atoms with Crippen molar-refractivity contribution < 1.29 is 29.1 Å². The van der Waals surface area contributed by atoms with Crippen LogP contribution in [0, 0.1) is 10.1 Å². The van der Waals surface area contributed by atoms with Gasteiger partial charge < -0.3 is 14.6 Å². The Morgan fingerprint density at radius 3 is 2.58 bits per heavy atom. The van der Waals surface area contributed by atoms with Gasteiger partial charge in [-0.25, -0.2) is 9.59 Å². The van der Waals surface area contributed by atoms with Crippen LogP contribution in [0.15, 0.2) is 16.6 Å². The minimum atomic E-state index is -1.33. The number of benzene rings is 1. The van der Waals surface area contributed by atoms with E-state index in [9.17, 15) is 19.7 Å². The summed E-state index contributed by atoms with van der Waals surface area (Å²) in [5.41, 5.74) is -0.763. The summed E-state index contributed by atoms with van der Waals surface area (Å²) in [6.07, 6.45) is 0. The zero-order chi connectivity index (χ0) is 14.6. The van der Waals surface area contributed by atoms with E-state index < -0.39 is 34.9 Å². The molecule has 19 heavy (non-hydrogen) atoms. The number of carboxylic acid groups (broad SMARTS) is 1. The van der Waals surface area contributed by atoms with Crippen LogP contribution in [0.5, 0.6) is 5.75 Å². The molecule has 0 radical (unpaired) electrons. The topological polar surface area (TPSA) is 116 Å². The molecule has 0 aromatic heterocycles. The molecule has 1 aromatic rings. The van der Waals surface area contributed by atoms with Crippen molar-refractivity contribution in [3.63, 3.8) is 0 Å². The predicted molar refractivity (Wildman–Crippen MR) is 65.3 cm³/mol. The molecule has 0 unspecified atom stereocenters. The van der Waals surface area contributed by atoms with Crippen LogP contribution in [0.2, 0.25) is 0 Å². The van der Waals surface area contributed by atoms with Gasteiger partial charge in [-0.3, -0.25) is 10.1 Å². The Bertz CT molecular complexity index is 543. The molecule has 0 aliphatic heterocycles. The number of carboxylic acids is 1. The molecule has 0 atom stereocenters. The van der Waals surface area contributed by atoms with Gasteiger partial charge in [0.25, 0.3) is 0 Å². The largest absolute Gasteiger partial charge is 0.479 e. The minimum absolute atomic E-state index is 0.232. The molecule has 1 rings (SSSR count). The number of hydrogen-bond donors (Lipinski definition) is 1. The summed E-state index contributed by atoms with van der Waals surface area (Å²) >= 11 is 3.01. The van der Waals surface area contributed by atoms with Gasteiger partial charge >= 0.3 is 17.6 Å². The first-order chi connectivity index (χ1) is 8.86. The van der Waals surface area contributed by atoms with E-state index >= 15 is 0 Å². The number of methoxy groups -OCH3 is 1. The van der Waals surface area contributed by atoms with Crippen LogP contribution in [0.4, 0.5) is 5.69 Å².